The molecule has 0 saturated carbocycles. The number of fused-ring (bicyclic) bond motifs is 1. The van der Waals surface area contributed by atoms with E-state index in [-0.39, 0.29) is 18.0 Å². The number of anilines is 1. The van der Waals surface area contributed by atoms with Crippen LogP contribution in [0.25, 0.3) is 10.8 Å². The number of nitrogens with zero attached hydrogens (tertiary/aromatic N) is 4. The molecular weight excluding hydrogens is 402 g/mol. The fourth-order valence-electron chi connectivity index (χ4n) is 3.39. The number of amides is 1. The average Bonchev–Trinajstić information content (AvgIpc) is 2.78. The van der Waals surface area contributed by atoms with Crippen LogP contribution < -0.4 is 10.9 Å². The number of nitrogens with one attached hydrogen (secondary N) is 1. The Balaban J connectivity index is 1.58. The number of hydrogen-bond donors (Lipinski definition) is 1. The zero-order chi connectivity index (χ0) is 22.7. The van der Waals surface area contributed by atoms with E-state index < -0.39 is 0 Å². The molecule has 1 heterocycles. The minimum absolute atomic E-state index is 0.201. The van der Waals surface area contributed by atoms with Crippen LogP contribution in [0.1, 0.15) is 16.8 Å². The maximum absolute atomic E-state index is 12.8. The zero-order valence-electron chi connectivity index (χ0n) is 18.2. The van der Waals surface area contributed by atoms with Gasteiger partial charge in [0.15, 0.2) is 0 Å². The molecule has 0 bridgehead atoms. The van der Waals surface area contributed by atoms with Crippen molar-refractivity contribution in [3.8, 4) is 0 Å². The molecule has 0 saturated heterocycles. The first-order valence-electron chi connectivity index (χ1n) is 10.3. The zero-order valence-corrected chi connectivity index (χ0v) is 18.2. The second-order valence-corrected chi connectivity index (χ2v) is 7.70. The van der Waals surface area contributed by atoms with Crippen LogP contribution in [-0.2, 0) is 11.3 Å². The molecule has 0 aliphatic carbocycles. The van der Waals surface area contributed by atoms with Crippen molar-refractivity contribution >= 4 is 33.7 Å². The Hall–Kier alpha value is -4.13. The highest BCUT2D eigenvalue weighted by molar-refractivity contribution is 5.93. The summed E-state index contributed by atoms with van der Waals surface area (Å²) >= 11 is 0. The van der Waals surface area contributed by atoms with E-state index in [4.69, 9.17) is 0 Å². The highest BCUT2D eigenvalue weighted by Gasteiger charge is 2.12. The number of hydrogen-bond acceptors (Lipinski definition) is 5. The Kier molecular flexibility index (Phi) is 5.89. The van der Waals surface area contributed by atoms with Crippen LogP contribution in [0.2, 0.25) is 0 Å². The molecule has 1 amide bonds. The number of aromatic nitrogens is 2. The lowest BCUT2D eigenvalue weighted by atomic mass is 10.1. The molecule has 7 heteroatoms. The molecule has 1 aromatic heterocycles. The summed E-state index contributed by atoms with van der Waals surface area (Å²) in [7, 11) is 0. The molecule has 160 valence electrons. The van der Waals surface area contributed by atoms with Crippen molar-refractivity contribution in [1.29, 1.82) is 0 Å². The Bertz CT molecular complexity index is 1390. The summed E-state index contributed by atoms with van der Waals surface area (Å²) in [4.78, 5) is 25.5. The fourth-order valence-corrected chi connectivity index (χ4v) is 3.39. The van der Waals surface area contributed by atoms with Crippen molar-refractivity contribution in [3.63, 3.8) is 0 Å². The van der Waals surface area contributed by atoms with E-state index in [9.17, 15) is 9.59 Å². The van der Waals surface area contributed by atoms with Crippen LogP contribution in [0.5, 0.6) is 0 Å². The molecule has 4 rings (SSSR count). The van der Waals surface area contributed by atoms with Crippen molar-refractivity contribution in [2.24, 2.45) is 10.2 Å². The third kappa shape index (κ3) is 4.62. The number of carbonyl (C=O) groups excluding carboxylic acids is 1. The SMILES string of the molecule is Cc1ccc(N=Nc2cc(C)ccc2NC(=O)Cn2nc(C)c3ccccc3c2=O)cc1. The van der Waals surface area contributed by atoms with Crippen LogP contribution in [0, 0.1) is 20.8 Å². The van der Waals surface area contributed by atoms with E-state index in [1.54, 1.807) is 18.2 Å². The highest BCUT2D eigenvalue weighted by atomic mass is 16.2. The molecular formula is C25H23N5O2. The van der Waals surface area contributed by atoms with Gasteiger partial charge in [-0.25, -0.2) is 4.68 Å². The molecule has 4 aromatic rings. The van der Waals surface area contributed by atoms with E-state index in [0.29, 0.717) is 22.5 Å². The average molecular weight is 425 g/mol. The molecule has 3 aromatic carbocycles. The second kappa shape index (κ2) is 8.93. The second-order valence-electron chi connectivity index (χ2n) is 7.70. The molecule has 0 spiro atoms. The lowest BCUT2D eigenvalue weighted by Crippen LogP contribution is -2.30. The first-order chi connectivity index (χ1) is 15.4. The van der Waals surface area contributed by atoms with Crippen molar-refractivity contribution < 1.29 is 4.79 Å². The number of benzene rings is 3. The maximum atomic E-state index is 12.8. The van der Waals surface area contributed by atoms with Gasteiger partial charge in [0, 0.05) is 5.39 Å². The lowest BCUT2D eigenvalue weighted by molar-refractivity contribution is -0.117. The minimum Gasteiger partial charge on any atom is -0.323 e. The van der Waals surface area contributed by atoms with Crippen LogP contribution in [0.15, 0.2) is 81.8 Å². The van der Waals surface area contributed by atoms with Gasteiger partial charge in [-0.15, -0.1) is 5.11 Å². The van der Waals surface area contributed by atoms with Gasteiger partial charge in [-0.1, -0.05) is 42.0 Å². The van der Waals surface area contributed by atoms with Crippen LogP contribution in [-0.4, -0.2) is 15.7 Å². The van der Waals surface area contributed by atoms with Crippen molar-refractivity contribution in [1.82, 2.24) is 9.78 Å². The Morgan fingerprint density at radius 1 is 0.906 bits per heavy atom. The smallest absolute Gasteiger partial charge is 0.275 e. The topological polar surface area (TPSA) is 88.7 Å². The molecule has 1 N–H and O–H groups in total. The monoisotopic (exact) mass is 425 g/mol. The van der Waals surface area contributed by atoms with E-state index in [0.717, 1.165) is 22.2 Å². The first kappa shape index (κ1) is 21.1. The van der Waals surface area contributed by atoms with Gasteiger partial charge in [-0.2, -0.15) is 10.2 Å². The Morgan fingerprint density at radius 2 is 1.59 bits per heavy atom. The van der Waals surface area contributed by atoms with E-state index >= 15 is 0 Å². The standard InChI is InChI=1S/C25H23N5O2/c1-16-8-11-19(12-9-16)27-28-23-14-17(2)10-13-22(23)26-24(31)15-30-25(32)21-7-5-4-6-20(21)18(3)29-30/h4-14H,15H2,1-3H3,(H,26,31). The number of azo groups is 1. The normalized spacial score (nSPS) is 11.2. The minimum atomic E-state index is -0.370. The Labute approximate surface area is 185 Å². The van der Waals surface area contributed by atoms with E-state index in [2.05, 4.69) is 20.6 Å². The Morgan fingerprint density at radius 3 is 2.34 bits per heavy atom. The number of aryl methyl sites for hydroxylation is 3. The molecule has 7 nitrogen and oxygen atoms in total. The van der Waals surface area contributed by atoms with Gasteiger partial charge < -0.3 is 5.32 Å². The van der Waals surface area contributed by atoms with Gasteiger partial charge >= 0.3 is 0 Å². The summed E-state index contributed by atoms with van der Waals surface area (Å²) in [5, 5.41) is 17.1. The highest BCUT2D eigenvalue weighted by Crippen LogP contribution is 2.28. The summed E-state index contributed by atoms with van der Waals surface area (Å²) < 4.78 is 1.19. The summed E-state index contributed by atoms with van der Waals surface area (Å²) in [5.74, 6) is -0.370. The van der Waals surface area contributed by atoms with Crippen molar-refractivity contribution in [3.05, 3.63) is 93.9 Å². The molecule has 0 radical (unpaired) electrons. The predicted octanol–water partition coefficient (Wildman–Crippen LogP) is 5.38. The van der Waals surface area contributed by atoms with Gasteiger partial charge in [-0.05, 0) is 56.7 Å². The van der Waals surface area contributed by atoms with Crippen molar-refractivity contribution in [2.75, 3.05) is 5.32 Å². The molecule has 0 aliphatic rings. The third-order valence-electron chi connectivity index (χ3n) is 5.08. The summed E-state index contributed by atoms with van der Waals surface area (Å²) in [5.41, 5.74) is 4.29. The molecule has 32 heavy (non-hydrogen) atoms. The summed E-state index contributed by atoms with van der Waals surface area (Å²) in [6.07, 6.45) is 0. The number of carbonyl (C=O) groups is 1. The third-order valence-corrected chi connectivity index (χ3v) is 5.08. The summed E-state index contributed by atoms with van der Waals surface area (Å²) in [6, 6.07) is 20.4. The van der Waals surface area contributed by atoms with Gasteiger partial charge in [0.05, 0.1) is 22.5 Å². The van der Waals surface area contributed by atoms with Gasteiger partial charge in [-0.3, -0.25) is 9.59 Å². The molecule has 0 aliphatic heterocycles. The van der Waals surface area contributed by atoms with E-state index in [1.807, 2.05) is 69.3 Å². The van der Waals surface area contributed by atoms with Crippen LogP contribution in [0.4, 0.5) is 17.1 Å². The van der Waals surface area contributed by atoms with Crippen LogP contribution >= 0.6 is 0 Å². The fraction of sp³-hybridized carbons (Fsp3) is 0.160. The van der Waals surface area contributed by atoms with Crippen molar-refractivity contribution in [2.45, 2.75) is 27.3 Å². The molecule has 0 fully saturated rings. The quantitative estimate of drug-likeness (QED) is 0.436. The van der Waals surface area contributed by atoms with Crippen LogP contribution in [0.3, 0.4) is 0 Å². The van der Waals surface area contributed by atoms with Gasteiger partial charge in [0.25, 0.3) is 5.56 Å². The first-order valence-corrected chi connectivity index (χ1v) is 10.3. The lowest BCUT2D eigenvalue weighted by Gasteiger charge is -2.11. The predicted molar refractivity (Wildman–Crippen MR) is 126 cm³/mol. The molecule has 0 unspecified atom stereocenters. The number of rotatable bonds is 5. The van der Waals surface area contributed by atoms with Gasteiger partial charge in [0.1, 0.15) is 12.2 Å². The molecule has 0 atom stereocenters. The maximum Gasteiger partial charge on any atom is 0.275 e. The summed E-state index contributed by atoms with van der Waals surface area (Å²) in [6.45, 7) is 5.57. The van der Waals surface area contributed by atoms with E-state index in [1.165, 1.54) is 4.68 Å². The largest absolute Gasteiger partial charge is 0.323 e. The van der Waals surface area contributed by atoms with Gasteiger partial charge in [0.2, 0.25) is 5.91 Å².